The van der Waals surface area contributed by atoms with Gasteiger partial charge in [0.05, 0.1) is 21.5 Å². The second-order valence-corrected chi connectivity index (χ2v) is 6.95. The molecule has 7 nitrogen and oxygen atoms in total. The van der Waals surface area contributed by atoms with Crippen molar-refractivity contribution < 1.29 is 4.92 Å². The standard InChI is InChI=1S/C18H13N5O2S/c19-11-12-6-9-15(23(24)25)16(10-12)26-18-21-20-17(13-7-8-13)22(18)14-4-2-1-3-5-14/h1-6,9-10,13H,7-8H2. The highest BCUT2D eigenvalue weighted by Crippen LogP contribution is 2.43. The number of hydrogen-bond donors (Lipinski definition) is 0. The van der Waals surface area contributed by atoms with Crippen LogP contribution in [0.2, 0.25) is 0 Å². The van der Waals surface area contributed by atoms with Crippen LogP contribution in [0.1, 0.15) is 30.1 Å². The number of hydrogen-bond acceptors (Lipinski definition) is 6. The van der Waals surface area contributed by atoms with E-state index in [0.717, 1.165) is 36.1 Å². The smallest absolute Gasteiger partial charge is 0.274 e. The number of nitrogens with zero attached hydrogens (tertiary/aromatic N) is 5. The van der Waals surface area contributed by atoms with Gasteiger partial charge in [0.15, 0.2) is 0 Å². The van der Waals surface area contributed by atoms with Gasteiger partial charge in [0.2, 0.25) is 5.16 Å². The summed E-state index contributed by atoms with van der Waals surface area (Å²) in [6, 6.07) is 16.0. The summed E-state index contributed by atoms with van der Waals surface area (Å²) < 4.78 is 1.95. The highest BCUT2D eigenvalue weighted by Gasteiger charge is 2.31. The molecule has 1 saturated carbocycles. The van der Waals surface area contributed by atoms with E-state index in [2.05, 4.69) is 10.2 Å². The first-order chi connectivity index (χ1) is 12.7. The Hall–Kier alpha value is -3.18. The van der Waals surface area contributed by atoms with E-state index in [4.69, 9.17) is 5.26 Å². The van der Waals surface area contributed by atoms with Gasteiger partial charge in [0.1, 0.15) is 5.82 Å². The molecule has 2 aromatic carbocycles. The van der Waals surface area contributed by atoms with Crippen LogP contribution < -0.4 is 0 Å². The van der Waals surface area contributed by atoms with E-state index in [1.54, 1.807) is 0 Å². The molecule has 1 fully saturated rings. The van der Waals surface area contributed by atoms with Gasteiger partial charge in [0.25, 0.3) is 5.69 Å². The van der Waals surface area contributed by atoms with Gasteiger partial charge in [-0.05, 0) is 48.9 Å². The lowest BCUT2D eigenvalue weighted by atomic mass is 10.2. The van der Waals surface area contributed by atoms with Crippen LogP contribution in [0, 0.1) is 21.4 Å². The van der Waals surface area contributed by atoms with E-state index in [9.17, 15) is 10.1 Å². The van der Waals surface area contributed by atoms with Gasteiger partial charge >= 0.3 is 0 Å². The van der Waals surface area contributed by atoms with Gasteiger partial charge in [-0.2, -0.15) is 5.26 Å². The predicted octanol–water partition coefficient (Wildman–Crippen LogP) is 4.08. The van der Waals surface area contributed by atoms with E-state index in [-0.39, 0.29) is 5.69 Å². The third-order valence-corrected chi connectivity index (χ3v) is 5.10. The molecule has 0 spiro atoms. The summed E-state index contributed by atoms with van der Waals surface area (Å²) in [6.07, 6.45) is 2.14. The first-order valence-corrected chi connectivity index (χ1v) is 8.86. The van der Waals surface area contributed by atoms with Crippen LogP contribution in [-0.2, 0) is 0 Å². The topological polar surface area (TPSA) is 97.6 Å². The molecule has 0 amide bonds. The van der Waals surface area contributed by atoms with Crippen molar-refractivity contribution in [3.05, 3.63) is 70.0 Å². The molecule has 0 bridgehead atoms. The Bertz CT molecular complexity index is 1020. The molecule has 0 saturated heterocycles. The molecule has 8 heteroatoms. The largest absolute Gasteiger partial charge is 0.283 e. The normalized spacial score (nSPS) is 13.3. The average molecular weight is 363 g/mol. The molecule has 0 unspecified atom stereocenters. The maximum Gasteiger partial charge on any atom is 0.283 e. The summed E-state index contributed by atoms with van der Waals surface area (Å²) in [6.45, 7) is 0. The van der Waals surface area contributed by atoms with Gasteiger partial charge in [-0.3, -0.25) is 14.7 Å². The van der Waals surface area contributed by atoms with Crippen molar-refractivity contribution in [3.8, 4) is 11.8 Å². The number of nitro groups is 1. The van der Waals surface area contributed by atoms with Gasteiger partial charge in [-0.25, -0.2) is 0 Å². The lowest BCUT2D eigenvalue weighted by Gasteiger charge is -2.10. The Balaban J connectivity index is 1.81. The van der Waals surface area contributed by atoms with Gasteiger partial charge in [-0.1, -0.05) is 18.2 Å². The lowest BCUT2D eigenvalue weighted by molar-refractivity contribution is -0.387. The van der Waals surface area contributed by atoms with Crippen molar-refractivity contribution in [1.82, 2.24) is 14.8 Å². The van der Waals surface area contributed by atoms with E-state index in [1.165, 1.54) is 18.2 Å². The number of nitriles is 1. The number of aromatic nitrogens is 3. The monoisotopic (exact) mass is 363 g/mol. The van der Waals surface area contributed by atoms with Crippen molar-refractivity contribution in [2.24, 2.45) is 0 Å². The minimum atomic E-state index is -0.450. The van der Waals surface area contributed by atoms with Gasteiger partial charge < -0.3 is 0 Å². The maximum atomic E-state index is 11.4. The zero-order valence-corrected chi connectivity index (χ0v) is 14.4. The molecule has 1 heterocycles. The second kappa shape index (κ2) is 6.61. The zero-order valence-electron chi connectivity index (χ0n) is 13.6. The Labute approximate surface area is 153 Å². The fourth-order valence-electron chi connectivity index (χ4n) is 2.69. The molecule has 1 aliphatic rings. The van der Waals surface area contributed by atoms with E-state index in [1.807, 2.05) is 41.0 Å². The third kappa shape index (κ3) is 3.05. The molecular formula is C18H13N5O2S. The molecule has 1 aromatic heterocycles. The summed E-state index contributed by atoms with van der Waals surface area (Å²) in [4.78, 5) is 11.3. The Kier molecular flexibility index (Phi) is 4.14. The van der Waals surface area contributed by atoms with Crippen molar-refractivity contribution in [2.75, 3.05) is 0 Å². The quantitative estimate of drug-likeness (QED) is 0.500. The maximum absolute atomic E-state index is 11.4. The number of nitro benzene ring substituents is 1. The molecule has 4 rings (SSSR count). The third-order valence-electron chi connectivity index (χ3n) is 4.10. The van der Waals surface area contributed by atoms with E-state index >= 15 is 0 Å². The zero-order chi connectivity index (χ0) is 18.1. The summed E-state index contributed by atoms with van der Waals surface area (Å²) in [5.41, 5.74) is 1.23. The fourth-order valence-corrected chi connectivity index (χ4v) is 3.69. The van der Waals surface area contributed by atoms with E-state index < -0.39 is 4.92 Å². The molecule has 0 atom stereocenters. The van der Waals surface area contributed by atoms with Crippen LogP contribution in [0.4, 0.5) is 5.69 Å². The van der Waals surface area contributed by atoms with Crippen LogP contribution in [0.15, 0.2) is 58.6 Å². The SMILES string of the molecule is N#Cc1ccc([N+](=O)[O-])c(Sc2nnc(C3CC3)n2-c2ccccc2)c1. The van der Waals surface area contributed by atoms with Gasteiger partial charge in [0, 0.05) is 17.7 Å². The predicted molar refractivity (Wildman–Crippen MR) is 95.3 cm³/mol. The molecule has 0 N–H and O–H groups in total. The van der Waals surface area contributed by atoms with Gasteiger partial charge in [-0.15, -0.1) is 10.2 Å². The fraction of sp³-hybridized carbons (Fsp3) is 0.167. The molecule has 26 heavy (non-hydrogen) atoms. The number of para-hydroxylation sites is 1. The minimum absolute atomic E-state index is 0.0513. The molecule has 3 aromatic rings. The highest BCUT2D eigenvalue weighted by molar-refractivity contribution is 7.99. The van der Waals surface area contributed by atoms with Crippen molar-refractivity contribution in [2.45, 2.75) is 28.8 Å². The van der Waals surface area contributed by atoms with Crippen molar-refractivity contribution in [1.29, 1.82) is 5.26 Å². The molecule has 0 aliphatic heterocycles. The average Bonchev–Trinajstić information content (AvgIpc) is 3.43. The Morgan fingerprint density at radius 2 is 1.96 bits per heavy atom. The summed E-state index contributed by atoms with van der Waals surface area (Å²) >= 11 is 1.16. The highest BCUT2D eigenvalue weighted by atomic mass is 32.2. The molecule has 0 radical (unpaired) electrons. The number of rotatable bonds is 5. The lowest BCUT2D eigenvalue weighted by Crippen LogP contribution is -2.01. The first kappa shape index (κ1) is 16.3. The van der Waals surface area contributed by atoms with Crippen LogP contribution in [0.5, 0.6) is 0 Å². The van der Waals surface area contributed by atoms with Crippen LogP contribution in [0.25, 0.3) is 5.69 Å². The Morgan fingerprint density at radius 3 is 2.62 bits per heavy atom. The van der Waals surface area contributed by atoms with E-state index in [0.29, 0.717) is 21.5 Å². The van der Waals surface area contributed by atoms with Crippen molar-refractivity contribution in [3.63, 3.8) is 0 Å². The summed E-state index contributed by atoms with van der Waals surface area (Å²) in [5, 5.41) is 29.6. The summed E-state index contributed by atoms with van der Waals surface area (Å²) in [5.74, 6) is 1.25. The Morgan fingerprint density at radius 1 is 1.19 bits per heavy atom. The number of benzene rings is 2. The van der Waals surface area contributed by atoms with Crippen LogP contribution in [-0.4, -0.2) is 19.7 Å². The second-order valence-electron chi connectivity index (χ2n) is 5.94. The van der Waals surface area contributed by atoms with Crippen LogP contribution in [0.3, 0.4) is 0 Å². The van der Waals surface area contributed by atoms with Crippen molar-refractivity contribution >= 4 is 17.4 Å². The molecular weight excluding hydrogens is 350 g/mol. The first-order valence-electron chi connectivity index (χ1n) is 8.04. The minimum Gasteiger partial charge on any atom is -0.274 e. The summed E-state index contributed by atoms with van der Waals surface area (Å²) in [7, 11) is 0. The molecule has 1 aliphatic carbocycles. The van der Waals surface area contributed by atoms with Crippen LogP contribution >= 0.6 is 11.8 Å². The molecule has 128 valence electrons.